The number of nitrogens with zero attached hydrogens (tertiary/aromatic N) is 1. The lowest BCUT2D eigenvalue weighted by Crippen LogP contribution is -2.15. The highest BCUT2D eigenvalue weighted by atomic mass is 35.5. The molecule has 0 aliphatic rings. The Balaban J connectivity index is 2.14. The smallest absolute Gasteiger partial charge is 0.303 e. The fraction of sp³-hybridized carbons (Fsp3) is 0.353. The molecule has 0 amide bonds. The van der Waals surface area contributed by atoms with Crippen molar-refractivity contribution in [3.05, 3.63) is 44.2 Å². The summed E-state index contributed by atoms with van der Waals surface area (Å²) in [4.78, 5) is 22.2. The number of anilines is 1. The highest BCUT2D eigenvalue weighted by Gasteiger charge is 2.14. The van der Waals surface area contributed by atoms with Crippen molar-refractivity contribution in [3.63, 3.8) is 0 Å². The first kappa shape index (κ1) is 20.1. The summed E-state index contributed by atoms with van der Waals surface area (Å²) < 4.78 is 5.65. The number of nitrogens with one attached hydrogen (secondary N) is 2. The Hall–Kier alpha value is -2.25. The van der Waals surface area contributed by atoms with E-state index in [9.17, 15) is 9.59 Å². The monoisotopic (exact) mass is 399 g/mol. The first-order valence-electron chi connectivity index (χ1n) is 8.00. The highest BCUT2D eigenvalue weighted by Crippen LogP contribution is 2.38. The van der Waals surface area contributed by atoms with Crippen LogP contribution in [-0.4, -0.2) is 27.8 Å². The molecule has 2 aromatic rings. The molecule has 0 aliphatic carbocycles. The van der Waals surface area contributed by atoms with Crippen molar-refractivity contribution in [2.75, 3.05) is 11.9 Å². The maximum Gasteiger partial charge on any atom is 0.303 e. The van der Waals surface area contributed by atoms with Crippen LogP contribution in [0, 0.1) is 0 Å². The van der Waals surface area contributed by atoms with Crippen molar-refractivity contribution in [2.24, 2.45) is 0 Å². The number of rotatable bonds is 8. The van der Waals surface area contributed by atoms with E-state index in [0.717, 1.165) is 0 Å². The van der Waals surface area contributed by atoms with E-state index in [1.165, 1.54) is 0 Å². The van der Waals surface area contributed by atoms with Gasteiger partial charge in [-0.3, -0.25) is 9.59 Å². The predicted molar refractivity (Wildman–Crippen MR) is 101 cm³/mol. The predicted octanol–water partition coefficient (Wildman–Crippen LogP) is 4.27. The first-order valence-corrected chi connectivity index (χ1v) is 8.75. The molecule has 0 fully saturated rings. The summed E-state index contributed by atoms with van der Waals surface area (Å²) >= 11 is 12.5. The number of hydrogen-bond acceptors (Lipinski definition) is 5. The van der Waals surface area contributed by atoms with Crippen molar-refractivity contribution in [1.82, 2.24) is 10.2 Å². The topological polar surface area (TPSA) is 104 Å². The van der Waals surface area contributed by atoms with Gasteiger partial charge >= 0.3 is 5.97 Å². The standard InChI is InChI=1S/C17H19Cl2N3O4/c1-9(2)11-8-14(21-22-17(11)25)26-16-12(18)6-10(7-13(16)19)20-5-3-4-15(23)24/h6-9,20H,3-5H2,1-2H3,(H,22,25)(H,23,24). The van der Waals surface area contributed by atoms with Gasteiger partial charge in [-0.05, 0) is 24.5 Å². The Bertz CT molecular complexity index is 829. The van der Waals surface area contributed by atoms with Gasteiger partial charge in [0.2, 0.25) is 5.88 Å². The van der Waals surface area contributed by atoms with E-state index >= 15 is 0 Å². The number of carboxylic acids is 1. The van der Waals surface area contributed by atoms with Gasteiger partial charge in [-0.2, -0.15) is 0 Å². The van der Waals surface area contributed by atoms with Gasteiger partial charge in [0.25, 0.3) is 5.56 Å². The minimum atomic E-state index is -0.846. The number of aromatic nitrogens is 2. The van der Waals surface area contributed by atoms with Crippen LogP contribution in [0.4, 0.5) is 5.69 Å². The van der Waals surface area contributed by atoms with Gasteiger partial charge in [-0.25, -0.2) is 5.10 Å². The van der Waals surface area contributed by atoms with Crippen LogP contribution in [0.2, 0.25) is 10.0 Å². The second-order valence-electron chi connectivity index (χ2n) is 5.94. The molecule has 1 heterocycles. The fourth-order valence-corrected chi connectivity index (χ4v) is 2.78. The third kappa shape index (κ3) is 5.37. The molecule has 0 saturated heterocycles. The zero-order valence-corrected chi connectivity index (χ0v) is 15.8. The van der Waals surface area contributed by atoms with E-state index < -0.39 is 5.97 Å². The fourth-order valence-electron chi connectivity index (χ4n) is 2.22. The summed E-state index contributed by atoms with van der Waals surface area (Å²) in [6.45, 7) is 4.25. The number of hydrogen-bond donors (Lipinski definition) is 3. The first-order chi connectivity index (χ1) is 12.3. The molecule has 140 valence electrons. The molecule has 0 unspecified atom stereocenters. The van der Waals surface area contributed by atoms with E-state index in [4.69, 9.17) is 33.0 Å². The van der Waals surface area contributed by atoms with Crippen molar-refractivity contribution < 1.29 is 14.6 Å². The highest BCUT2D eigenvalue weighted by molar-refractivity contribution is 6.37. The second kappa shape index (κ2) is 8.91. The lowest BCUT2D eigenvalue weighted by Gasteiger charge is -2.13. The SMILES string of the molecule is CC(C)c1cc(Oc2c(Cl)cc(NCCCC(=O)O)cc2Cl)n[nH]c1=O. The number of halogens is 2. The summed E-state index contributed by atoms with van der Waals surface area (Å²) in [7, 11) is 0. The number of H-pyrrole nitrogens is 1. The lowest BCUT2D eigenvalue weighted by molar-refractivity contribution is -0.137. The van der Waals surface area contributed by atoms with Crippen LogP contribution in [0.5, 0.6) is 11.6 Å². The molecule has 0 radical (unpaired) electrons. The molecule has 1 aromatic carbocycles. The van der Waals surface area contributed by atoms with Crippen LogP contribution < -0.4 is 15.6 Å². The van der Waals surface area contributed by atoms with Gasteiger partial charge in [-0.15, -0.1) is 5.10 Å². The third-order valence-electron chi connectivity index (χ3n) is 3.53. The van der Waals surface area contributed by atoms with E-state index in [0.29, 0.717) is 24.2 Å². The van der Waals surface area contributed by atoms with Gasteiger partial charge in [0, 0.05) is 30.3 Å². The lowest BCUT2D eigenvalue weighted by atomic mass is 10.1. The van der Waals surface area contributed by atoms with Crippen LogP contribution in [0.3, 0.4) is 0 Å². The zero-order chi connectivity index (χ0) is 19.3. The average Bonchev–Trinajstić information content (AvgIpc) is 2.56. The van der Waals surface area contributed by atoms with E-state index in [1.807, 2.05) is 13.8 Å². The van der Waals surface area contributed by atoms with Crippen LogP contribution >= 0.6 is 23.2 Å². The molecule has 7 nitrogen and oxygen atoms in total. The Morgan fingerprint density at radius 2 is 1.96 bits per heavy atom. The number of benzene rings is 1. The average molecular weight is 400 g/mol. The minimum Gasteiger partial charge on any atom is -0.481 e. The zero-order valence-electron chi connectivity index (χ0n) is 14.3. The summed E-state index contributed by atoms with van der Waals surface area (Å²) in [5, 5.41) is 18.4. The summed E-state index contributed by atoms with van der Waals surface area (Å²) in [6.07, 6.45) is 0.549. The van der Waals surface area contributed by atoms with Gasteiger partial charge in [-0.1, -0.05) is 37.0 Å². The van der Waals surface area contributed by atoms with Gasteiger partial charge in [0.1, 0.15) is 0 Å². The number of aliphatic carboxylic acids is 1. The van der Waals surface area contributed by atoms with Crippen LogP contribution in [0.15, 0.2) is 23.0 Å². The molecular formula is C17H19Cl2N3O4. The van der Waals surface area contributed by atoms with Crippen molar-refractivity contribution in [2.45, 2.75) is 32.6 Å². The number of ether oxygens (including phenoxy) is 1. The molecule has 26 heavy (non-hydrogen) atoms. The maximum absolute atomic E-state index is 11.7. The largest absolute Gasteiger partial charge is 0.481 e. The Labute approximate surface area is 160 Å². The minimum absolute atomic E-state index is 0.00687. The molecule has 0 bridgehead atoms. The molecule has 0 spiro atoms. The molecule has 9 heteroatoms. The van der Waals surface area contributed by atoms with E-state index in [-0.39, 0.29) is 39.6 Å². The van der Waals surface area contributed by atoms with E-state index in [2.05, 4.69) is 15.5 Å². The van der Waals surface area contributed by atoms with Crippen LogP contribution in [0.1, 0.15) is 38.2 Å². The second-order valence-corrected chi connectivity index (χ2v) is 6.75. The van der Waals surface area contributed by atoms with Crippen LogP contribution in [-0.2, 0) is 4.79 Å². The van der Waals surface area contributed by atoms with Gasteiger partial charge < -0.3 is 15.2 Å². The van der Waals surface area contributed by atoms with Crippen LogP contribution in [0.25, 0.3) is 0 Å². The van der Waals surface area contributed by atoms with Gasteiger partial charge in [0.05, 0.1) is 10.0 Å². The van der Waals surface area contributed by atoms with Crippen molar-refractivity contribution >= 4 is 34.9 Å². The molecule has 0 saturated carbocycles. The molecule has 1 aromatic heterocycles. The molecular weight excluding hydrogens is 381 g/mol. The van der Waals surface area contributed by atoms with Gasteiger partial charge in [0.15, 0.2) is 5.75 Å². The summed E-state index contributed by atoms with van der Waals surface area (Å²) in [5.74, 6) is -0.439. The number of aromatic amines is 1. The molecule has 0 atom stereocenters. The summed E-state index contributed by atoms with van der Waals surface area (Å²) in [6, 6.07) is 4.80. The number of carbonyl (C=O) groups is 1. The Morgan fingerprint density at radius 3 is 2.54 bits per heavy atom. The Morgan fingerprint density at radius 1 is 1.31 bits per heavy atom. The molecule has 0 aliphatic heterocycles. The molecule has 2 rings (SSSR count). The summed E-state index contributed by atoms with van der Waals surface area (Å²) in [5.41, 5.74) is 0.916. The maximum atomic E-state index is 11.7. The van der Waals surface area contributed by atoms with Crippen molar-refractivity contribution in [1.29, 1.82) is 0 Å². The normalized spacial score (nSPS) is 10.8. The van der Waals surface area contributed by atoms with Crippen molar-refractivity contribution in [3.8, 4) is 11.6 Å². The number of carboxylic acid groups (broad SMARTS) is 1. The molecule has 3 N–H and O–H groups in total. The van der Waals surface area contributed by atoms with E-state index in [1.54, 1.807) is 18.2 Å². The quantitative estimate of drug-likeness (QED) is 0.572. The third-order valence-corrected chi connectivity index (χ3v) is 4.09. The Kier molecular flexibility index (Phi) is 6.88.